The van der Waals surface area contributed by atoms with Crippen LogP contribution < -0.4 is 14.7 Å². The van der Waals surface area contributed by atoms with E-state index in [0.717, 1.165) is 33.8 Å². The molecule has 0 fully saturated rings. The Bertz CT molecular complexity index is 1380. The van der Waals surface area contributed by atoms with Gasteiger partial charge >= 0.3 is 0 Å². The van der Waals surface area contributed by atoms with E-state index in [1.165, 1.54) is 0 Å². The van der Waals surface area contributed by atoms with Crippen LogP contribution in [0.25, 0.3) is 0 Å². The third-order valence-corrected chi connectivity index (χ3v) is 5.44. The molecule has 0 saturated heterocycles. The summed E-state index contributed by atoms with van der Waals surface area (Å²) in [6.45, 7) is 0. The summed E-state index contributed by atoms with van der Waals surface area (Å²) >= 11 is 0. The highest BCUT2D eigenvalue weighted by Crippen LogP contribution is 2.14. The van der Waals surface area contributed by atoms with Gasteiger partial charge in [0.15, 0.2) is 0 Å². The van der Waals surface area contributed by atoms with Gasteiger partial charge in [-0.3, -0.25) is 0 Å². The number of anilines is 3. The highest BCUT2D eigenvalue weighted by Gasteiger charge is 2.17. The molecule has 4 heteroatoms. The lowest BCUT2D eigenvalue weighted by molar-refractivity contribution is 0.224. The van der Waals surface area contributed by atoms with E-state index in [2.05, 4.69) is 47.4 Å². The highest BCUT2D eigenvalue weighted by molar-refractivity contribution is 5.56. The minimum atomic E-state index is -1.84. The summed E-state index contributed by atoms with van der Waals surface area (Å²) in [5, 5.41) is 11.2. The van der Waals surface area contributed by atoms with Gasteiger partial charge in [0.1, 0.15) is 0 Å². The van der Waals surface area contributed by atoms with E-state index in [1.54, 1.807) is 0 Å². The van der Waals surface area contributed by atoms with Crippen molar-refractivity contribution in [2.75, 3.05) is 57.0 Å². The van der Waals surface area contributed by atoms with Crippen LogP contribution in [0.3, 0.4) is 0 Å². The van der Waals surface area contributed by atoms with Crippen LogP contribution in [0, 0.1) is 47.4 Å². The molecule has 3 aromatic rings. The average Bonchev–Trinajstić information content (AvgIpc) is 2.89. The van der Waals surface area contributed by atoms with E-state index in [0.29, 0.717) is 0 Å². The summed E-state index contributed by atoms with van der Waals surface area (Å²) in [6.07, 6.45) is 0. The van der Waals surface area contributed by atoms with Crippen LogP contribution in [0.15, 0.2) is 72.8 Å². The molecule has 0 aliphatic rings. The molecule has 0 radical (unpaired) electrons. The largest absolute Gasteiger partial charge is 0.378 e. The lowest BCUT2D eigenvalue weighted by Gasteiger charge is -2.11. The van der Waals surface area contributed by atoms with Crippen molar-refractivity contribution in [1.29, 1.82) is 0 Å². The first-order valence-electron chi connectivity index (χ1n) is 11.8. The van der Waals surface area contributed by atoms with Gasteiger partial charge in [-0.05, 0) is 102 Å². The summed E-state index contributed by atoms with van der Waals surface area (Å²) in [4.78, 5) is 6.05. The van der Waals surface area contributed by atoms with E-state index < -0.39 is 5.60 Å². The fourth-order valence-corrected chi connectivity index (χ4v) is 3.17. The molecule has 3 rings (SSSR count). The van der Waals surface area contributed by atoms with Gasteiger partial charge < -0.3 is 19.8 Å². The van der Waals surface area contributed by atoms with Crippen molar-refractivity contribution < 1.29 is 5.11 Å². The second-order valence-corrected chi connectivity index (χ2v) is 9.03. The van der Waals surface area contributed by atoms with Crippen molar-refractivity contribution in [2.45, 2.75) is 5.60 Å². The quantitative estimate of drug-likeness (QED) is 0.567. The maximum Gasteiger partial charge on any atom is 0.253 e. The summed E-state index contributed by atoms with van der Waals surface area (Å²) in [5.74, 6) is 23.0. The van der Waals surface area contributed by atoms with E-state index in [4.69, 9.17) is 0 Å². The van der Waals surface area contributed by atoms with Gasteiger partial charge in [0, 0.05) is 76.0 Å². The van der Waals surface area contributed by atoms with Crippen molar-refractivity contribution in [3.8, 4) is 47.4 Å². The Morgan fingerprint density at radius 1 is 0.459 bits per heavy atom. The van der Waals surface area contributed by atoms with Crippen LogP contribution in [-0.2, 0) is 0 Å². The Kier molecular flexibility index (Phi) is 8.92. The van der Waals surface area contributed by atoms with Gasteiger partial charge in [-0.15, -0.1) is 0 Å². The normalized spacial score (nSPS) is 9.70. The van der Waals surface area contributed by atoms with Crippen LogP contribution in [0.1, 0.15) is 16.7 Å². The predicted octanol–water partition coefficient (Wildman–Crippen LogP) is 4.07. The van der Waals surface area contributed by atoms with Gasteiger partial charge in [-0.2, -0.15) is 0 Å². The van der Waals surface area contributed by atoms with Crippen molar-refractivity contribution in [1.82, 2.24) is 0 Å². The molecule has 0 atom stereocenters. The summed E-state index contributed by atoms with van der Waals surface area (Å²) in [6, 6.07) is 23.4. The van der Waals surface area contributed by atoms with E-state index in [9.17, 15) is 5.11 Å². The lowest BCUT2D eigenvalue weighted by Crippen LogP contribution is -2.21. The summed E-state index contributed by atoms with van der Waals surface area (Å²) in [7, 11) is 11.9. The van der Waals surface area contributed by atoms with Crippen molar-refractivity contribution in [3.63, 3.8) is 0 Å². The molecule has 0 aliphatic carbocycles. The molecule has 0 unspecified atom stereocenters. The fourth-order valence-electron chi connectivity index (χ4n) is 3.17. The number of hydrogen-bond donors (Lipinski definition) is 1. The third kappa shape index (κ3) is 8.16. The molecule has 37 heavy (non-hydrogen) atoms. The van der Waals surface area contributed by atoms with Crippen LogP contribution in [-0.4, -0.2) is 53.0 Å². The van der Waals surface area contributed by atoms with Crippen LogP contribution in [0.4, 0.5) is 17.1 Å². The number of aliphatic hydroxyl groups is 1. The van der Waals surface area contributed by atoms with Crippen LogP contribution >= 0.6 is 0 Å². The number of nitrogens with zero attached hydrogens (tertiary/aromatic N) is 3. The highest BCUT2D eigenvalue weighted by atomic mass is 16.3. The molecule has 0 saturated carbocycles. The molecular formula is C33H31N3O. The molecule has 0 bridgehead atoms. The van der Waals surface area contributed by atoms with Gasteiger partial charge in [-0.1, -0.05) is 17.8 Å². The predicted molar refractivity (Wildman–Crippen MR) is 156 cm³/mol. The second kappa shape index (κ2) is 12.3. The van der Waals surface area contributed by atoms with E-state index in [-0.39, 0.29) is 0 Å². The average molecular weight is 486 g/mol. The molecule has 0 aliphatic heterocycles. The van der Waals surface area contributed by atoms with Gasteiger partial charge in [0.25, 0.3) is 5.60 Å². The van der Waals surface area contributed by atoms with Crippen molar-refractivity contribution >= 4 is 17.1 Å². The van der Waals surface area contributed by atoms with Gasteiger partial charge in [-0.25, -0.2) is 0 Å². The van der Waals surface area contributed by atoms with E-state index >= 15 is 0 Å². The molecule has 4 nitrogen and oxygen atoms in total. The minimum Gasteiger partial charge on any atom is -0.378 e. The smallest absolute Gasteiger partial charge is 0.253 e. The first-order valence-corrected chi connectivity index (χ1v) is 11.8. The zero-order valence-electron chi connectivity index (χ0n) is 22.2. The Morgan fingerprint density at radius 2 is 0.784 bits per heavy atom. The monoisotopic (exact) mass is 485 g/mol. The molecule has 0 heterocycles. The first-order chi connectivity index (χ1) is 17.6. The maximum absolute atomic E-state index is 11.2. The topological polar surface area (TPSA) is 30.0 Å². The van der Waals surface area contributed by atoms with Gasteiger partial charge in [0.2, 0.25) is 0 Å². The Balaban J connectivity index is 1.91. The number of benzene rings is 3. The number of rotatable bonds is 3. The Hall–Kier alpha value is -4.74. The summed E-state index contributed by atoms with van der Waals surface area (Å²) in [5.41, 5.74) is 3.73. The molecule has 1 N–H and O–H groups in total. The number of hydrogen-bond acceptors (Lipinski definition) is 4. The fraction of sp³-hybridized carbons (Fsp3) is 0.212. The van der Waals surface area contributed by atoms with Crippen molar-refractivity contribution in [3.05, 3.63) is 89.5 Å². The maximum atomic E-state index is 11.2. The zero-order valence-corrected chi connectivity index (χ0v) is 22.2. The van der Waals surface area contributed by atoms with Crippen molar-refractivity contribution in [2.24, 2.45) is 0 Å². The first kappa shape index (κ1) is 26.9. The Morgan fingerprint density at radius 3 is 1.11 bits per heavy atom. The second-order valence-electron chi connectivity index (χ2n) is 9.03. The van der Waals surface area contributed by atoms with E-state index in [1.807, 2.05) is 130 Å². The summed E-state index contributed by atoms with van der Waals surface area (Å²) < 4.78 is 0. The van der Waals surface area contributed by atoms with Gasteiger partial charge in [0.05, 0.1) is 0 Å². The molecule has 0 aromatic heterocycles. The molecular weight excluding hydrogens is 454 g/mol. The lowest BCUT2D eigenvalue weighted by atomic mass is 10.0. The molecule has 184 valence electrons. The van der Waals surface area contributed by atoms with Crippen LogP contribution in [0.2, 0.25) is 0 Å². The van der Waals surface area contributed by atoms with Crippen LogP contribution in [0.5, 0.6) is 0 Å². The SMILES string of the molecule is CN(C)c1ccc(C#CC#CC(O)(C#Cc2ccc(N(C)C)cc2)C#Cc2ccc(N(C)C)cc2)cc1. The molecule has 3 aromatic carbocycles. The molecule has 0 amide bonds. The minimum absolute atomic E-state index is 0.759. The molecule has 0 spiro atoms. The standard InChI is InChI=1S/C33H31N3O/c1-34(2)30-16-10-27(11-17-30)9-7-8-24-33(37,25-22-28-12-18-31(19-13-28)35(3)4)26-23-29-14-20-32(21-15-29)36(5)6/h10-21,37H,1-6H3. The Labute approximate surface area is 221 Å². The zero-order chi connectivity index (χ0) is 26.8. The third-order valence-electron chi connectivity index (χ3n) is 5.44.